The number of nitrogens with one attached hydrogen (secondary N) is 3. The minimum Gasteiger partial charge on any atom is -0.350 e. The van der Waals surface area contributed by atoms with Gasteiger partial charge in [-0.05, 0) is 37.6 Å². The summed E-state index contributed by atoms with van der Waals surface area (Å²) < 4.78 is 0. The fraction of sp³-hybridized carbons (Fsp3) is 0.375. The summed E-state index contributed by atoms with van der Waals surface area (Å²) in [5, 5.41) is 13.2. The van der Waals surface area contributed by atoms with Gasteiger partial charge in [0.2, 0.25) is 5.91 Å². The summed E-state index contributed by atoms with van der Waals surface area (Å²) in [6.07, 6.45) is 3.34. The first-order valence-corrected chi connectivity index (χ1v) is 7.34. The summed E-state index contributed by atoms with van der Waals surface area (Å²) in [6, 6.07) is 12.0. The third-order valence-corrected chi connectivity index (χ3v) is 4.22. The summed E-state index contributed by atoms with van der Waals surface area (Å²) >= 11 is 0. The van der Waals surface area contributed by atoms with Crippen LogP contribution in [0.25, 0.3) is 0 Å². The van der Waals surface area contributed by atoms with E-state index in [0.29, 0.717) is 6.54 Å². The summed E-state index contributed by atoms with van der Waals surface area (Å²) in [6.45, 7) is 2.22. The molecule has 3 N–H and O–H groups in total. The Morgan fingerprint density at radius 2 is 1.95 bits per heavy atom. The molecule has 2 aromatic rings. The Labute approximate surface area is 124 Å². The van der Waals surface area contributed by atoms with Gasteiger partial charge in [0.25, 0.3) is 0 Å². The highest BCUT2D eigenvalue weighted by Gasteiger charge is 2.40. The van der Waals surface area contributed by atoms with Crippen LogP contribution in [-0.4, -0.2) is 29.2 Å². The van der Waals surface area contributed by atoms with E-state index in [4.69, 9.17) is 0 Å². The van der Waals surface area contributed by atoms with Crippen molar-refractivity contribution >= 4 is 5.91 Å². The van der Waals surface area contributed by atoms with E-state index in [1.807, 2.05) is 24.3 Å². The second-order valence-corrected chi connectivity index (χ2v) is 5.46. The van der Waals surface area contributed by atoms with Crippen molar-refractivity contribution in [3.05, 3.63) is 53.9 Å². The molecule has 3 rings (SSSR count). The highest BCUT2D eigenvalue weighted by atomic mass is 16.2. The lowest BCUT2D eigenvalue weighted by atomic mass is 9.72. The molecule has 0 unspecified atom stereocenters. The van der Waals surface area contributed by atoms with Crippen LogP contribution >= 0.6 is 0 Å². The van der Waals surface area contributed by atoms with Crippen LogP contribution in [0.5, 0.6) is 0 Å². The highest BCUT2D eigenvalue weighted by Crippen LogP contribution is 2.33. The smallest absolute Gasteiger partial charge is 0.231 e. The lowest BCUT2D eigenvalue weighted by molar-refractivity contribution is -0.128. The zero-order valence-corrected chi connectivity index (χ0v) is 11.9. The first-order valence-electron chi connectivity index (χ1n) is 7.34. The van der Waals surface area contributed by atoms with Gasteiger partial charge in [-0.2, -0.15) is 5.10 Å². The van der Waals surface area contributed by atoms with E-state index in [1.165, 1.54) is 0 Å². The predicted molar refractivity (Wildman–Crippen MR) is 80.7 cm³/mol. The molecule has 1 aliphatic heterocycles. The molecule has 1 aromatic heterocycles. The standard InChI is InChI=1S/C16H20N4O/c21-15(18-12-14-6-9-19-20-14)16(7-10-17-11-8-16)13-4-2-1-3-5-13/h1-6,9,17H,7-8,10-12H2,(H,18,21)(H,19,20). The van der Waals surface area contributed by atoms with Gasteiger partial charge in [-0.1, -0.05) is 30.3 Å². The van der Waals surface area contributed by atoms with E-state index in [0.717, 1.165) is 37.2 Å². The molecular formula is C16H20N4O. The number of amides is 1. The molecule has 110 valence electrons. The van der Waals surface area contributed by atoms with Crippen molar-refractivity contribution in [2.75, 3.05) is 13.1 Å². The average molecular weight is 284 g/mol. The number of carbonyl (C=O) groups is 1. The van der Waals surface area contributed by atoms with Crippen LogP contribution in [-0.2, 0) is 16.8 Å². The van der Waals surface area contributed by atoms with Gasteiger partial charge < -0.3 is 10.6 Å². The van der Waals surface area contributed by atoms with Crippen LogP contribution in [0.2, 0.25) is 0 Å². The molecule has 1 saturated heterocycles. The van der Waals surface area contributed by atoms with Crippen LogP contribution in [0.3, 0.4) is 0 Å². The Balaban J connectivity index is 1.80. The van der Waals surface area contributed by atoms with Gasteiger partial charge in [0, 0.05) is 6.20 Å². The molecule has 0 aliphatic carbocycles. The Bertz CT molecular complexity index is 574. The van der Waals surface area contributed by atoms with Crippen molar-refractivity contribution in [2.45, 2.75) is 24.8 Å². The van der Waals surface area contributed by atoms with E-state index in [9.17, 15) is 4.79 Å². The average Bonchev–Trinajstić information content (AvgIpc) is 3.07. The summed E-state index contributed by atoms with van der Waals surface area (Å²) in [7, 11) is 0. The van der Waals surface area contributed by atoms with Gasteiger partial charge in [0.15, 0.2) is 0 Å². The zero-order valence-electron chi connectivity index (χ0n) is 11.9. The second-order valence-electron chi connectivity index (χ2n) is 5.46. The van der Waals surface area contributed by atoms with Gasteiger partial charge in [-0.3, -0.25) is 9.89 Å². The molecule has 1 amide bonds. The third kappa shape index (κ3) is 2.83. The molecule has 21 heavy (non-hydrogen) atoms. The quantitative estimate of drug-likeness (QED) is 0.793. The molecule has 0 radical (unpaired) electrons. The number of H-pyrrole nitrogens is 1. The van der Waals surface area contributed by atoms with Gasteiger partial charge in [0.1, 0.15) is 0 Å². The predicted octanol–water partition coefficient (Wildman–Crippen LogP) is 1.35. The van der Waals surface area contributed by atoms with E-state index in [-0.39, 0.29) is 5.91 Å². The minimum absolute atomic E-state index is 0.102. The highest BCUT2D eigenvalue weighted by molar-refractivity contribution is 5.88. The molecule has 0 saturated carbocycles. The van der Waals surface area contributed by atoms with Crippen LogP contribution in [0, 0.1) is 0 Å². The van der Waals surface area contributed by atoms with Gasteiger partial charge in [-0.15, -0.1) is 0 Å². The lowest BCUT2D eigenvalue weighted by Gasteiger charge is -2.36. The zero-order chi connectivity index (χ0) is 14.5. The maximum Gasteiger partial charge on any atom is 0.231 e. The maximum absolute atomic E-state index is 12.8. The second kappa shape index (κ2) is 6.10. The number of aromatic nitrogens is 2. The monoisotopic (exact) mass is 284 g/mol. The third-order valence-electron chi connectivity index (χ3n) is 4.22. The summed E-state index contributed by atoms with van der Waals surface area (Å²) in [5.41, 5.74) is 1.60. The van der Waals surface area contributed by atoms with Gasteiger partial charge in [-0.25, -0.2) is 0 Å². The molecule has 1 aromatic carbocycles. The molecule has 1 aliphatic rings. The number of hydrogen-bond donors (Lipinski definition) is 3. The minimum atomic E-state index is -0.424. The van der Waals surface area contributed by atoms with Crippen LogP contribution in [0.4, 0.5) is 0 Å². The molecule has 5 nitrogen and oxygen atoms in total. The molecule has 0 atom stereocenters. The normalized spacial score (nSPS) is 17.3. The fourth-order valence-corrected chi connectivity index (χ4v) is 2.99. The number of benzene rings is 1. The molecule has 5 heteroatoms. The van der Waals surface area contributed by atoms with E-state index < -0.39 is 5.41 Å². The summed E-state index contributed by atoms with van der Waals surface area (Å²) in [5.74, 6) is 0.102. The largest absolute Gasteiger partial charge is 0.350 e. The Hall–Kier alpha value is -2.14. The van der Waals surface area contributed by atoms with Crippen molar-refractivity contribution < 1.29 is 4.79 Å². The van der Waals surface area contributed by atoms with Crippen LogP contribution < -0.4 is 10.6 Å². The molecule has 1 fully saturated rings. The Morgan fingerprint density at radius 3 is 2.62 bits per heavy atom. The molecule has 0 bridgehead atoms. The summed E-state index contributed by atoms with van der Waals surface area (Å²) in [4.78, 5) is 12.8. The topological polar surface area (TPSA) is 69.8 Å². The number of piperidine rings is 1. The van der Waals surface area contributed by atoms with Crippen LogP contribution in [0.15, 0.2) is 42.6 Å². The SMILES string of the molecule is O=C(NCc1ccn[nH]1)C1(c2ccccc2)CCNCC1. The maximum atomic E-state index is 12.8. The number of aromatic amines is 1. The lowest BCUT2D eigenvalue weighted by Crippen LogP contribution is -2.50. The number of carbonyl (C=O) groups excluding carboxylic acids is 1. The van der Waals surface area contributed by atoms with Crippen molar-refractivity contribution in [2.24, 2.45) is 0 Å². The first kappa shape index (κ1) is 13.8. The first-order chi connectivity index (χ1) is 10.3. The van der Waals surface area contributed by atoms with Crippen LogP contribution in [0.1, 0.15) is 24.1 Å². The van der Waals surface area contributed by atoms with Crippen molar-refractivity contribution in [1.82, 2.24) is 20.8 Å². The molecule has 2 heterocycles. The van der Waals surface area contributed by atoms with Gasteiger partial charge >= 0.3 is 0 Å². The van der Waals surface area contributed by atoms with Crippen molar-refractivity contribution in [3.8, 4) is 0 Å². The van der Waals surface area contributed by atoms with Gasteiger partial charge in [0.05, 0.1) is 17.7 Å². The van der Waals surface area contributed by atoms with Crippen molar-refractivity contribution in [3.63, 3.8) is 0 Å². The number of hydrogen-bond acceptors (Lipinski definition) is 3. The fourth-order valence-electron chi connectivity index (χ4n) is 2.99. The number of rotatable bonds is 4. The van der Waals surface area contributed by atoms with E-state index in [2.05, 4.69) is 33.0 Å². The van der Waals surface area contributed by atoms with Crippen molar-refractivity contribution in [1.29, 1.82) is 0 Å². The molecular weight excluding hydrogens is 264 g/mol. The number of nitrogens with zero attached hydrogens (tertiary/aromatic N) is 1. The van der Waals surface area contributed by atoms with E-state index >= 15 is 0 Å². The van der Waals surface area contributed by atoms with E-state index in [1.54, 1.807) is 6.20 Å². The Morgan fingerprint density at radius 1 is 1.19 bits per heavy atom. The Kier molecular flexibility index (Phi) is 4.01. The molecule has 0 spiro atoms.